The maximum atomic E-state index is 12.0. The van der Waals surface area contributed by atoms with Crippen molar-refractivity contribution in [3.05, 3.63) is 35.4 Å². The first-order chi connectivity index (χ1) is 9.58. The number of aryl methyl sites for hydroxylation is 1. The maximum Gasteiger partial charge on any atom is 0.246 e. The molecule has 0 aromatic heterocycles. The van der Waals surface area contributed by atoms with Crippen LogP contribution in [0.1, 0.15) is 17.5 Å². The molecule has 0 spiro atoms. The van der Waals surface area contributed by atoms with Crippen molar-refractivity contribution in [2.75, 3.05) is 34.4 Å². The quantitative estimate of drug-likeness (QED) is 0.568. The van der Waals surface area contributed by atoms with Gasteiger partial charge in [-0.25, -0.2) is 0 Å². The monoisotopic (exact) mass is 277 g/mol. The third-order valence-electron chi connectivity index (χ3n) is 3.01. The Bertz CT molecular complexity index is 469. The van der Waals surface area contributed by atoms with Gasteiger partial charge in [-0.05, 0) is 31.6 Å². The van der Waals surface area contributed by atoms with Crippen LogP contribution in [0.25, 0.3) is 6.08 Å². The summed E-state index contributed by atoms with van der Waals surface area (Å²) in [6, 6.07) is 5.88. The normalized spacial score (nSPS) is 10.8. The number of methoxy groups -OCH3 is 2. The predicted octanol–water partition coefficient (Wildman–Crippen LogP) is 2.51. The summed E-state index contributed by atoms with van der Waals surface area (Å²) in [4.78, 5) is 13.6. The van der Waals surface area contributed by atoms with Crippen molar-refractivity contribution in [1.82, 2.24) is 4.90 Å². The molecule has 0 saturated heterocycles. The lowest BCUT2D eigenvalue weighted by Gasteiger charge is -2.14. The lowest BCUT2D eigenvalue weighted by atomic mass is 10.1. The van der Waals surface area contributed by atoms with Gasteiger partial charge in [0.25, 0.3) is 0 Å². The molecule has 1 aromatic carbocycles. The largest absolute Gasteiger partial charge is 0.496 e. The Balaban J connectivity index is 2.67. The Morgan fingerprint density at radius 2 is 2.10 bits per heavy atom. The van der Waals surface area contributed by atoms with Gasteiger partial charge in [-0.15, -0.1) is 0 Å². The molecule has 4 nitrogen and oxygen atoms in total. The van der Waals surface area contributed by atoms with E-state index in [0.717, 1.165) is 23.3 Å². The zero-order chi connectivity index (χ0) is 15.0. The fourth-order valence-corrected chi connectivity index (χ4v) is 1.83. The smallest absolute Gasteiger partial charge is 0.246 e. The number of benzene rings is 1. The van der Waals surface area contributed by atoms with Crippen molar-refractivity contribution in [3.63, 3.8) is 0 Å². The molecule has 0 aliphatic carbocycles. The van der Waals surface area contributed by atoms with Gasteiger partial charge in [0.15, 0.2) is 0 Å². The minimum atomic E-state index is -0.0235. The van der Waals surface area contributed by atoms with Gasteiger partial charge in [-0.1, -0.05) is 11.6 Å². The Labute approximate surface area is 121 Å². The lowest BCUT2D eigenvalue weighted by Crippen LogP contribution is -2.26. The van der Waals surface area contributed by atoms with E-state index in [4.69, 9.17) is 9.47 Å². The van der Waals surface area contributed by atoms with E-state index in [9.17, 15) is 4.79 Å². The number of carbonyl (C=O) groups is 1. The summed E-state index contributed by atoms with van der Waals surface area (Å²) in [5.41, 5.74) is 2.04. The highest BCUT2D eigenvalue weighted by Crippen LogP contribution is 2.20. The molecule has 1 amide bonds. The molecule has 0 saturated carbocycles. The van der Waals surface area contributed by atoms with Crippen LogP contribution in [0, 0.1) is 6.92 Å². The van der Waals surface area contributed by atoms with E-state index < -0.39 is 0 Å². The van der Waals surface area contributed by atoms with Gasteiger partial charge in [0.2, 0.25) is 5.91 Å². The molecule has 0 aliphatic rings. The van der Waals surface area contributed by atoms with Crippen LogP contribution in [0.4, 0.5) is 0 Å². The molecule has 110 valence electrons. The van der Waals surface area contributed by atoms with E-state index in [1.165, 1.54) is 0 Å². The van der Waals surface area contributed by atoms with Crippen LogP contribution in [-0.4, -0.2) is 45.2 Å². The highest BCUT2D eigenvalue weighted by atomic mass is 16.5. The Kier molecular flexibility index (Phi) is 6.81. The van der Waals surface area contributed by atoms with Crippen LogP contribution in [-0.2, 0) is 9.53 Å². The molecule has 0 aliphatic heterocycles. The van der Waals surface area contributed by atoms with Crippen LogP contribution in [0.15, 0.2) is 24.3 Å². The van der Waals surface area contributed by atoms with Gasteiger partial charge in [0.1, 0.15) is 5.75 Å². The first kappa shape index (κ1) is 16.2. The third kappa shape index (κ3) is 5.05. The molecule has 0 heterocycles. The van der Waals surface area contributed by atoms with E-state index >= 15 is 0 Å². The van der Waals surface area contributed by atoms with Gasteiger partial charge in [-0.3, -0.25) is 4.79 Å². The van der Waals surface area contributed by atoms with Gasteiger partial charge < -0.3 is 14.4 Å². The summed E-state index contributed by atoms with van der Waals surface area (Å²) in [7, 11) is 5.07. The van der Waals surface area contributed by atoms with Crippen LogP contribution >= 0.6 is 0 Å². The molecular formula is C16H23NO3. The average molecular weight is 277 g/mol. The molecule has 0 bridgehead atoms. The van der Waals surface area contributed by atoms with E-state index in [1.54, 1.807) is 38.3 Å². The summed E-state index contributed by atoms with van der Waals surface area (Å²) >= 11 is 0. The van der Waals surface area contributed by atoms with E-state index in [0.29, 0.717) is 13.2 Å². The summed E-state index contributed by atoms with van der Waals surface area (Å²) in [5.74, 6) is 0.742. The topological polar surface area (TPSA) is 38.8 Å². The highest BCUT2D eigenvalue weighted by Gasteiger charge is 2.05. The second kappa shape index (κ2) is 8.38. The molecule has 0 radical (unpaired) electrons. The highest BCUT2D eigenvalue weighted by molar-refractivity contribution is 5.92. The predicted molar refractivity (Wildman–Crippen MR) is 80.9 cm³/mol. The second-order valence-electron chi connectivity index (χ2n) is 4.68. The molecule has 4 heteroatoms. The van der Waals surface area contributed by atoms with Gasteiger partial charge in [0.05, 0.1) is 7.11 Å². The molecule has 0 atom stereocenters. The van der Waals surface area contributed by atoms with Gasteiger partial charge in [0, 0.05) is 38.9 Å². The number of ether oxygens (including phenoxy) is 2. The fraction of sp³-hybridized carbons (Fsp3) is 0.438. The second-order valence-corrected chi connectivity index (χ2v) is 4.68. The number of hydrogen-bond acceptors (Lipinski definition) is 3. The third-order valence-corrected chi connectivity index (χ3v) is 3.01. The van der Waals surface area contributed by atoms with Crippen LogP contribution < -0.4 is 4.74 Å². The summed E-state index contributed by atoms with van der Waals surface area (Å²) < 4.78 is 10.3. The first-order valence-electron chi connectivity index (χ1n) is 6.65. The lowest BCUT2D eigenvalue weighted by molar-refractivity contribution is -0.124. The molecule has 1 rings (SSSR count). The fourth-order valence-electron chi connectivity index (χ4n) is 1.83. The van der Waals surface area contributed by atoms with Crippen molar-refractivity contribution < 1.29 is 14.3 Å². The zero-order valence-electron chi connectivity index (χ0n) is 12.7. The van der Waals surface area contributed by atoms with Crippen molar-refractivity contribution in [3.8, 4) is 5.75 Å². The van der Waals surface area contributed by atoms with Crippen LogP contribution in [0.3, 0.4) is 0 Å². The molecule has 0 N–H and O–H groups in total. The van der Waals surface area contributed by atoms with Crippen molar-refractivity contribution in [2.45, 2.75) is 13.3 Å². The minimum absolute atomic E-state index is 0.0235. The Morgan fingerprint density at radius 3 is 2.75 bits per heavy atom. The summed E-state index contributed by atoms with van der Waals surface area (Å²) in [6.45, 7) is 3.35. The van der Waals surface area contributed by atoms with Crippen molar-refractivity contribution >= 4 is 12.0 Å². The molecule has 0 fully saturated rings. The zero-order valence-corrected chi connectivity index (χ0v) is 12.7. The molecule has 20 heavy (non-hydrogen) atoms. The first-order valence-corrected chi connectivity index (χ1v) is 6.65. The Hall–Kier alpha value is -1.81. The number of hydrogen-bond donors (Lipinski definition) is 0. The molecular weight excluding hydrogens is 254 g/mol. The van der Waals surface area contributed by atoms with Crippen LogP contribution in [0.2, 0.25) is 0 Å². The number of rotatable bonds is 7. The molecule has 1 aromatic rings. The summed E-state index contributed by atoms with van der Waals surface area (Å²) in [5, 5.41) is 0. The summed E-state index contributed by atoms with van der Waals surface area (Å²) in [6.07, 6.45) is 4.20. The number of likely N-dealkylation sites (N-methyl/N-ethyl adjacent to an activating group) is 1. The van der Waals surface area contributed by atoms with E-state index in [-0.39, 0.29) is 5.91 Å². The Morgan fingerprint density at radius 1 is 1.35 bits per heavy atom. The van der Waals surface area contributed by atoms with E-state index in [2.05, 4.69) is 0 Å². The standard InChI is InChI=1S/C16H23NO3/c1-13-6-8-15(20-4)14(12-13)7-9-16(18)17(2)10-5-11-19-3/h6-9,12H,5,10-11H2,1-4H3/b9-7+. The van der Waals surface area contributed by atoms with Crippen molar-refractivity contribution in [2.24, 2.45) is 0 Å². The maximum absolute atomic E-state index is 12.0. The number of amides is 1. The van der Waals surface area contributed by atoms with Crippen molar-refractivity contribution in [1.29, 1.82) is 0 Å². The van der Waals surface area contributed by atoms with E-state index in [1.807, 2.05) is 25.1 Å². The number of carbonyl (C=O) groups excluding carboxylic acids is 1. The minimum Gasteiger partial charge on any atom is -0.496 e. The van der Waals surface area contributed by atoms with Gasteiger partial charge >= 0.3 is 0 Å². The van der Waals surface area contributed by atoms with Gasteiger partial charge in [-0.2, -0.15) is 0 Å². The average Bonchev–Trinajstić information content (AvgIpc) is 2.45. The SMILES string of the molecule is COCCCN(C)C(=O)/C=C/c1cc(C)ccc1OC. The number of nitrogens with zero attached hydrogens (tertiary/aromatic N) is 1. The van der Waals surface area contributed by atoms with Crippen LogP contribution in [0.5, 0.6) is 5.75 Å². The molecule has 0 unspecified atom stereocenters.